The number of rotatable bonds is 3. The summed E-state index contributed by atoms with van der Waals surface area (Å²) in [5.41, 5.74) is 6.19. The molecule has 0 saturated heterocycles. The number of hydrogen-bond acceptors (Lipinski definition) is 2. The second-order valence-electron chi connectivity index (χ2n) is 3.73. The monoisotopic (exact) mass is 237 g/mol. The molecule has 6 heteroatoms. The fourth-order valence-electron chi connectivity index (χ4n) is 1.40. The average Bonchev–Trinajstić information content (AvgIpc) is 2.42. The van der Waals surface area contributed by atoms with Crippen molar-refractivity contribution in [3.63, 3.8) is 0 Å². The second-order valence-corrected chi connectivity index (χ2v) is 4.09. The van der Waals surface area contributed by atoms with E-state index in [1.807, 2.05) is 13.8 Å². The molecule has 0 aliphatic carbocycles. The van der Waals surface area contributed by atoms with Crippen LogP contribution in [0.25, 0.3) is 0 Å². The van der Waals surface area contributed by atoms with E-state index in [4.69, 9.17) is 17.3 Å². The van der Waals surface area contributed by atoms with Crippen LogP contribution in [0.1, 0.15) is 37.1 Å². The number of halogens is 3. The highest BCUT2D eigenvalue weighted by molar-refractivity contribution is 6.30. The summed E-state index contributed by atoms with van der Waals surface area (Å²) < 4.78 is 26.4. The summed E-state index contributed by atoms with van der Waals surface area (Å²) in [4.78, 5) is 0. The highest BCUT2D eigenvalue weighted by atomic mass is 35.5. The smallest absolute Gasteiger partial charge is 0.257 e. The molecule has 0 aliphatic heterocycles. The fraction of sp³-hybridized carbons (Fsp3) is 0.667. The molecule has 0 saturated carbocycles. The van der Waals surface area contributed by atoms with E-state index < -0.39 is 12.5 Å². The summed E-state index contributed by atoms with van der Waals surface area (Å²) in [6.45, 7) is 3.72. The molecule has 3 nitrogen and oxygen atoms in total. The summed E-state index contributed by atoms with van der Waals surface area (Å²) in [7, 11) is 1.61. The van der Waals surface area contributed by atoms with Crippen LogP contribution in [0, 0.1) is 0 Å². The molecule has 0 amide bonds. The van der Waals surface area contributed by atoms with Gasteiger partial charge in [-0.3, -0.25) is 4.68 Å². The van der Waals surface area contributed by atoms with Crippen LogP contribution in [0.4, 0.5) is 8.78 Å². The summed E-state index contributed by atoms with van der Waals surface area (Å²) in [6.07, 6.45) is -2.64. The zero-order valence-electron chi connectivity index (χ0n) is 8.84. The summed E-state index contributed by atoms with van der Waals surface area (Å²) in [6, 6.07) is -1.37. The van der Waals surface area contributed by atoms with Crippen LogP contribution in [0.5, 0.6) is 0 Å². The number of alkyl halides is 2. The Hall–Kier alpha value is -0.680. The molecule has 86 valence electrons. The Morgan fingerprint density at radius 3 is 2.33 bits per heavy atom. The van der Waals surface area contributed by atoms with Gasteiger partial charge in [0.15, 0.2) is 0 Å². The number of nitrogens with two attached hydrogens (primary N) is 1. The maximum atomic E-state index is 12.5. The molecule has 1 rings (SSSR count). The van der Waals surface area contributed by atoms with Crippen LogP contribution in [0.3, 0.4) is 0 Å². The summed E-state index contributed by atoms with van der Waals surface area (Å²) in [5.74, 6) is 0.0171. The average molecular weight is 238 g/mol. The third-order valence-corrected chi connectivity index (χ3v) is 2.64. The van der Waals surface area contributed by atoms with Crippen LogP contribution in [0.2, 0.25) is 5.15 Å². The van der Waals surface area contributed by atoms with E-state index >= 15 is 0 Å². The van der Waals surface area contributed by atoms with Crippen molar-refractivity contribution in [1.82, 2.24) is 9.78 Å². The lowest BCUT2D eigenvalue weighted by molar-refractivity contribution is 0.116. The number of aromatic nitrogens is 2. The largest absolute Gasteiger partial charge is 0.319 e. The van der Waals surface area contributed by atoms with Gasteiger partial charge in [0.05, 0.1) is 11.7 Å². The zero-order valence-corrected chi connectivity index (χ0v) is 9.59. The SMILES string of the molecule is CC(C)c1nn(C)c(Cl)c1C(N)C(F)F. The summed E-state index contributed by atoms with van der Waals surface area (Å²) >= 11 is 5.88. The van der Waals surface area contributed by atoms with Gasteiger partial charge in [-0.15, -0.1) is 0 Å². The topological polar surface area (TPSA) is 43.8 Å². The Kier molecular flexibility index (Phi) is 3.67. The van der Waals surface area contributed by atoms with Crippen LogP contribution < -0.4 is 5.73 Å². The lowest BCUT2D eigenvalue weighted by Crippen LogP contribution is -2.20. The van der Waals surface area contributed by atoms with E-state index in [1.165, 1.54) is 4.68 Å². The standard InChI is InChI=1S/C9H14ClF2N3/c1-4(2)7-5(6(13)9(11)12)8(10)15(3)14-7/h4,6,9H,13H2,1-3H3. The quantitative estimate of drug-likeness (QED) is 0.878. The Morgan fingerprint density at radius 1 is 1.40 bits per heavy atom. The molecule has 15 heavy (non-hydrogen) atoms. The highest BCUT2D eigenvalue weighted by Crippen LogP contribution is 2.32. The van der Waals surface area contributed by atoms with Crippen molar-refractivity contribution in [3.8, 4) is 0 Å². The third kappa shape index (κ3) is 2.29. The minimum Gasteiger partial charge on any atom is -0.319 e. The maximum Gasteiger partial charge on any atom is 0.257 e. The van der Waals surface area contributed by atoms with Gasteiger partial charge in [0.2, 0.25) is 0 Å². The zero-order chi connectivity index (χ0) is 11.7. The molecule has 0 bridgehead atoms. The van der Waals surface area contributed by atoms with Gasteiger partial charge in [-0.05, 0) is 5.92 Å². The molecule has 1 heterocycles. The molecule has 1 aromatic rings. The van der Waals surface area contributed by atoms with Gasteiger partial charge in [0.1, 0.15) is 5.15 Å². The van der Waals surface area contributed by atoms with Crippen molar-refractivity contribution >= 4 is 11.6 Å². The van der Waals surface area contributed by atoms with Crippen molar-refractivity contribution in [3.05, 3.63) is 16.4 Å². The Balaban J connectivity index is 3.25. The molecule has 0 fully saturated rings. The van der Waals surface area contributed by atoms with Crippen LogP contribution in [0.15, 0.2) is 0 Å². The molecule has 0 aliphatic rings. The molecular weight excluding hydrogens is 224 g/mol. The maximum absolute atomic E-state index is 12.5. The molecule has 1 atom stereocenters. The lowest BCUT2D eigenvalue weighted by atomic mass is 10.0. The first kappa shape index (κ1) is 12.4. The van der Waals surface area contributed by atoms with Crippen LogP contribution in [-0.4, -0.2) is 16.2 Å². The Bertz CT molecular complexity index is 349. The normalized spacial score (nSPS) is 13.9. The number of hydrogen-bond donors (Lipinski definition) is 1. The van der Waals surface area contributed by atoms with Gasteiger partial charge < -0.3 is 5.73 Å². The van der Waals surface area contributed by atoms with Gasteiger partial charge in [-0.25, -0.2) is 8.78 Å². The predicted molar refractivity (Wildman–Crippen MR) is 55.2 cm³/mol. The van der Waals surface area contributed by atoms with Crippen molar-refractivity contribution in [2.45, 2.75) is 32.2 Å². The molecule has 0 radical (unpaired) electrons. The molecule has 1 unspecified atom stereocenters. The van der Waals surface area contributed by atoms with E-state index in [9.17, 15) is 8.78 Å². The molecule has 0 spiro atoms. The van der Waals surface area contributed by atoms with E-state index in [0.717, 1.165) is 0 Å². The minimum atomic E-state index is -2.64. The van der Waals surface area contributed by atoms with Gasteiger partial charge in [0.25, 0.3) is 6.43 Å². The van der Waals surface area contributed by atoms with E-state index in [0.29, 0.717) is 5.69 Å². The highest BCUT2D eigenvalue weighted by Gasteiger charge is 2.28. The fourth-order valence-corrected chi connectivity index (χ4v) is 1.66. The van der Waals surface area contributed by atoms with Gasteiger partial charge >= 0.3 is 0 Å². The second kappa shape index (κ2) is 4.45. The first-order valence-electron chi connectivity index (χ1n) is 4.62. The molecular formula is C9H14ClF2N3. The predicted octanol–water partition coefficient (Wildman–Crippen LogP) is 2.46. The minimum absolute atomic E-state index is 0.0171. The Morgan fingerprint density at radius 2 is 1.93 bits per heavy atom. The van der Waals surface area contributed by atoms with E-state index in [-0.39, 0.29) is 16.6 Å². The van der Waals surface area contributed by atoms with Crippen molar-refractivity contribution in [1.29, 1.82) is 0 Å². The first-order valence-corrected chi connectivity index (χ1v) is 5.00. The van der Waals surface area contributed by atoms with E-state index in [1.54, 1.807) is 7.05 Å². The van der Waals surface area contributed by atoms with Gasteiger partial charge in [-0.1, -0.05) is 25.4 Å². The van der Waals surface area contributed by atoms with Crippen molar-refractivity contribution in [2.24, 2.45) is 12.8 Å². The van der Waals surface area contributed by atoms with Crippen molar-refractivity contribution in [2.75, 3.05) is 0 Å². The number of nitrogens with zero attached hydrogens (tertiary/aromatic N) is 2. The van der Waals surface area contributed by atoms with Gasteiger partial charge in [-0.2, -0.15) is 5.10 Å². The Labute approximate surface area is 92.2 Å². The third-order valence-electron chi connectivity index (χ3n) is 2.19. The summed E-state index contributed by atoms with van der Waals surface area (Å²) in [5, 5.41) is 4.27. The van der Waals surface area contributed by atoms with Gasteiger partial charge in [0, 0.05) is 12.6 Å². The first-order chi connectivity index (χ1) is 6.86. The lowest BCUT2D eigenvalue weighted by Gasteiger charge is -2.12. The van der Waals surface area contributed by atoms with Crippen LogP contribution in [-0.2, 0) is 7.05 Å². The molecule has 0 aromatic carbocycles. The molecule has 1 aromatic heterocycles. The number of aryl methyl sites for hydroxylation is 1. The molecule has 2 N–H and O–H groups in total. The van der Waals surface area contributed by atoms with E-state index in [2.05, 4.69) is 5.10 Å². The van der Waals surface area contributed by atoms with Crippen LogP contribution >= 0.6 is 11.6 Å². The van der Waals surface area contributed by atoms with Crippen molar-refractivity contribution < 1.29 is 8.78 Å².